The molecule has 0 aliphatic carbocycles. The summed E-state index contributed by atoms with van der Waals surface area (Å²) in [5.74, 6) is -0.324. The molecule has 0 saturated carbocycles. The minimum absolute atomic E-state index is 0.123. The minimum atomic E-state index is -0.468. The highest BCUT2D eigenvalue weighted by Crippen LogP contribution is 2.22. The van der Waals surface area contributed by atoms with Gasteiger partial charge in [0, 0.05) is 6.54 Å². The Morgan fingerprint density at radius 1 is 1.33 bits per heavy atom. The Kier molecular flexibility index (Phi) is 5.05. The first-order valence-corrected chi connectivity index (χ1v) is 6.80. The number of carbonyl (C=O) groups excluding carboxylic acids is 1. The van der Waals surface area contributed by atoms with E-state index in [-0.39, 0.29) is 10.7 Å². The molecule has 0 saturated heterocycles. The summed E-state index contributed by atoms with van der Waals surface area (Å²) in [7, 11) is 0. The fraction of sp³-hybridized carbons (Fsp3) is 0.214. The van der Waals surface area contributed by atoms with E-state index < -0.39 is 11.7 Å². The Balaban J connectivity index is 2.06. The maximum atomic E-state index is 12.9. The number of halogens is 2. The molecule has 0 radical (unpaired) electrons. The lowest BCUT2D eigenvalue weighted by atomic mass is 10.3. The van der Waals surface area contributed by atoms with E-state index >= 15 is 0 Å². The summed E-state index contributed by atoms with van der Waals surface area (Å²) in [5, 5.41) is 5.74. The van der Waals surface area contributed by atoms with Crippen LogP contribution in [-0.4, -0.2) is 22.4 Å². The van der Waals surface area contributed by atoms with Gasteiger partial charge in [0.15, 0.2) is 0 Å². The number of anilines is 2. The summed E-state index contributed by atoms with van der Waals surface area (Å²) in [6, 6.07) is 3.73. The summed E-state index contributed by atoms with van der Waals surface area (Å²) in [6.07, 6.45) is 3.81. The van der Waals surface area contributed by atoms with E-state index in [0.29, 0.717) is 11.5 Å². The second-order valence-electron chi connectivity index (χ2n) is 4.29. The molecule has 110 valence electrons. The van der Waals surface area contributed by atoms with Crippen molar-refractivity contribution < 1.29 is 9.18 Å². The van der Waals surface area contributed by atoms with E-state index in [0.717, 1.165) is 19.0 Å². The zero-order valence-corrected chi connectivity index (χ0v) is 12.1. The maximum Gasteiger partial charge on any atom is 0.275 e. The Morgan fingerprint density at radius 3 is 2.76 bits per heavy atom. The van der Waals surface area contributed by atoms with Crippen molar-refractivity contribution in [1.29, 1.82) is 0 Å². The number of aromatic nitrogens is 2. The highest BCUT2D eigenvalue weighted by Gasteiger charge is 2.11. The lowest BCUT2D eigenvalue weighted by molar-refractivity contribution is 0.102. The molecule has 0 unspecified atom stereocenters. The molecule has 1 amide bonds. The molecule has 0 atom stereocenters. The first-order chi connectivity index (χ1) is 10.1. The Morgan fingerprint density at radius 2 is 2.14 bits per heavy atom. The van der Waals surface area contributed by atoms with Crippen molar-refractivity contribution in [2.75, 3.05) is 17.2 Å². The topological polar surface area (TPSA) is 66.9 Å². The van der Waals surface area contributed by atoms with Crippen LogP contribution in [0, 0.1) is 5.82 Å². The molecule has 0 fully saturated rings. The van der Waals surface area contributed by atoms with Gasteiger partial charge >= 0.3 is 0 Å². The maximum absolute atomic E-state index is 12.9. The fourth-order valence-electron chi connectivity index (χ4n) is 1.57. The Hall–Kier alpha value is -2.21. The van der Waals surface area contributed by atoms with Crippen LogP contribution in [0.3, 0.4) is 0 Å². The van der Waals surface area contributed by atoms with Gasteiger partial charge in [-0.1, -0.05) is 18.5 Å². The molecule has 2 N–H and O–H groups in total. The van der Waals surface area contributed by atoms with Crippen molar-refractivity contribution in [3.8, 4) is 0 Å². The molecule has 7 heteroatoms. The highest BCUT2D eigenvalue weighted by atomic mass is 35.5. The minimum Gasteiger partial charge on any atom is -0.369 e. The molecular weight excluding hydrogens is 295 g/mol. The van der Waals surface area contributed by atoms with Crippen molar-refractivity contribution in [1.82, 2.24) is 9.97 Å². The van der Waals surface area contributed by atoms with Crippen molar-refractivity contribution in [2.24, 2.45) is 0 Å². The van der Waals surface area contributed by atoms with Gasteiger partial charge in [-0.25, -0.2) is 14.4 Å². The smallest absolute Gasteiger partial charge is 0.275 e. The number of hydrogen-bond acceptors (Lipinski definition) is 4. The van der Waals surface area contributed by atoms with Crippen molar-refractivity contribution >= 4 is 29.0 Å². The molecule has 1 aromatic carbocycles. The van der Waals surface area contributed by atoms with Crippen LogP contribution in [0.5, 0.6) is 0 Å². The molecule has 5 nitrogen and oxygen atoms in total. The molecule has 2 aromatic rings. The summed E-state index contributed by atoms with van der Waals surface area (Å²) in [4.78, 5) is 20.1. The standard InChI is InChI=1S/C14H14ClFN4O/c1-2-5-17-13-8-18-12(7-19-13)14(21)20-11-4-3-9(16)6-10(11)15/h3-4,6-8H,2,5H2,1H3,(H,17,19)(H,20,21). The average molecular weight is 309 g/mol. The average Bonchev–Trinajstić information content (AvgIpc) is 2.48. The monoisotopic (exact) mass is 308 g/mol. The number of nitrogens with zero attached hydrogens (tertiary/aromatic N) is 2. The van der Waals surface area contributed by atoms with Crippen LogP contribution >= 0.6 is 11.6 Å². The number of hydrogen-bond donors (Lipinski definition) is 2. The van der Waals surface area contributed by atoms with Gasteiger partial charge in [0.05, 0.1) is 23.1 Å². The first-order valence-electron chi connectivity index (χ1n) is 6.42. The highest BCUT2D eigenvalue weighted by molar-refractivity contribution is 6.33. The molecule has 0 spiro atoms. The molecular formula is C14H14ClFN4O. The van der Waals surface area contributed by atoms with Crippen LogP contribution < -0.4 is 10.6 Å². The zero-order valence-electron chi connectivity index (χ0n) is 11.4. The third kappa shape index (κ3) is 4.13. The van der Waals surface area contributed by atoms with Gasteiger partial charge in [-0.3, -0.25) is 4.79 Å². The molecule has 1 aromatic heterocycles. The van der Waals surface area contributed by atoms with Gasteiger partial charge in [0.2, 0.25) is 0 Å². The second kappa shape index (κ2) is 6.99. The predicted octanol–water partition coefficient (Wildman–Crippen LogP) is 3.34. The molecule has 1 heterocycles. The molecule has 0 bridgehead atoms. The summed E-state index contributed by atoms with van der Waals surface area (Å²) < 4.78 is 12.9. The summed E-state index contributed by atoms with van der Waals surface area (Å²) >= 11 is 5.84. The van der Waals surface area contributed by atoms with Crippen molar-refractivity contribution in [3.05, 3.63) is 47.1 Å². The third-order valence-corrected chi connectivity index (χ3v) is 2.93. The van der Waals surface area contributed by atoms with Crippen LogP contribution in [0.1, 0.15) is 23.8 Å². The third-order valence-electron chi connectivity index (χ3n) is 2.62. The number of carbonyl (C=O) groups is 1. The quantitative estimate of drug-likeness (QED) is 0.889. The molecule has 2 rings (SSSR count). The Bertz CT molecular complexity index is 633. The van der Waals surface area contributed by atoms with Gasteiger partial charge in [0.25, 0.3) is 5.91 Å². The molecule has 0 aliphatic rings. The van der Waals surface area contributed by atoms with Gasteiger partial charge in [-0.2, -0.15) is 0 Å². The Labute approximate surface area is 126 Å². The van der Waals surface area contributed by atoms with Crippen LogP contribution in [0.4, 0.5) is 15.9 Å². The number of benzene rings is 1. The lowest BCUT2D eigenvalue weighted by Gasteiger charge is -2.07. The van der Waals surface area contributed by atoms with Crippen molar-refractivity contribution in [2.45, 2.75) is 13.3 Å². The van der Waals surface area contributed by atoms with Gasteiger partial charge in [-0.05, 0) is 24.6 Å². The van der Waals surface area contributed by atoms with Gasteiger partial charge in [0.1, 0.15) is 17.3 Å². The zero-order chi connectivity index (χ0) is 15.2. The summed E-state index contributed by atoms with van der Waals surface area (Å²) in [5.41, 5.74) is 0.468. The van der Waals surface area contributed by atoms with Crippen LogP contribution in [-0.2, 0) is 0 Å². The van der Waals surface area contributed by atoms with Crippen LogP contribution in [0.2, 0.25) is 5.02 Å². The number of rotatable bonds is 5. The number of nitrogens with one attached hydrogen (secondary N) is 2. The van der Waals surface area contributed by atoms with Gasteiger partial charge in [-0.15, -0.1) is 0 Å². The van der Waals surface area contributed by atoms with E-state index in [4.69, 9.17) is 11.6 Å². The van der Waals surface area contributed by atoms with Gasteiger partial charge < -0.3 is 10.6 Å². The first kappa shape index (κ1) is 15.2. The summed E-state index contributed by atoms with van der Waals surface area (Å²) in [6.45, 7) is 2.82. The predicted molar refractivity (Wildman–Crippen MR) is 80.2 cm³/mol. The van der Waals surface area contributed by atoms with Crippen LogP contribution in [0.25, 0.3) is 0 Å². The SMILES string of the molecule is CCCNc1cnc(C(=O)Nc2ccc(F)cc2Cl)cn1. The van der Waals surface area contributed by atoms with E-state index in [9.17, 15) is 9.18 Å². The van der Waals surface area contributed by atoms with Crippen LogP contribution in [0.15, 0.2) is 30.6 Å². The van der Waals surface area contributed by atoms with Crippen molar-refractivity contribution in [3.63, 3.8) is 0 Å². The fourth-order valence-corrected chi connectivity index (χ4v) is 1.78. The largest absolute Gasteiger partial charge is 0.369 e. The lowest BCUT2D eigenvalue weighted by Crippen LogP contribution is -2.15. The number of amides is 1. The van der Waals surface area contributed by atoms with E-state index in [2.05, 4.69) is 20.6 Å². The van der Waals surface area contributed by atoms with E-state index in [1.807, 2.05) is 6.92 Å². The van der Waals surface area contributed by atoms with E-state index in [1.165, 1.54) is 24.5 Å². The molecule has 0 aliphatic heterocycles. The van der Waals surface area contributed by atoms with E-state index in [1.54, 1.807) is 0 Å². The normalized spacial score (nSPS) is 10.2. The molecule has 21 heavy (non-hydrogen) atoms. The second-order valence-corrected chi connectivity index (χ2v) is 4.70.